The first-order valence-electron chi connectivity index (χ1n) is 7.60. The van der Waals surface area contributed by atoms with Crippen LogP contribution in [0.3, 0.4) is 0 Å². The molecule has 1 atom stereocenters. The Labute approximate surface area is 143 Å². The zero-order valence-corrected chi connectivity index (χ0v) is 14.2. The second-order valence-corrected chi connectivity index (χ2v) is 6.23. The van der Waals surface area contributed by atoms with Gasteiger partial charge in [0.25, 0.3) is 5.91 Å². The van der Waals surface area contributed by atoms with E-state index in [-0.39, 0.29) is 12.0 Å². The normalized spacial score (nSPS) is 17.0. The lowest BCUT2D eigenvalue weighted by molar-refractivity contribution is 0.102. The first-order valence-corrected chi connectivity index (χ1v) is 8.39. The van der Waals surface area contributed by atoms with Crippen LogP contribution in [0.15, 0.2) is 47.1 Å². The fourth-order valence-corrected chi connectivity index (χ4v) is 2.83. The number of anilines is 2. The van der Waals surface area contributed by atoms with Gasteiger partial charge in [-0.2, -0.15) is 0 Å². The summed E-state index contributed by atoms with van der Waals surface area (Å²) in [6, 6.07) is 11.0. The predicted octanol–water partition coefficient (Wildman–Crippen LogP) is 3.69. The van der Waals surface area contributed by atoms with E-state index in [9.17, 15) is 4.79 Å². The summed E-state index contributed by atoms with van der Waals surface area (Å²) in [5.74, 6) is 0.514. The topological polar surface area (TPSA) is 63.2 Å². The van der Waals surface area contributed by atoms with Crippen LogP contribution in [0.5, 0.6) is 0 Å². The number of nitrogens with one attached hydrogen (secondary N) is 2. The molecule has 1 amide bonds. The largest absolute Gasteiger partial charge is 0.376 e. The number of ether oxygens (including phenoxy) is 1. The number of nitrogens with zero attached hydrogens (tertiary/aromatic N) is 1. The molecule has 0 radical (unpaired) electrons. The Balaban J connectivity index is 1.64. The molecule has 1 aliphatic rings. The molecule has 1 saturated heterocycles. The minimum absolute atomic E-state index is 0.167. The Kier molecular flexibility index (Phi) is 5.25. The number of aromatic nitrogens is 1. The second kappa shape index (κ2) is 7.57. The quantitative estimate of drug-likeness (QED) is 0.836. The van der Waals surface area contributed by atoms with Crippen LogP contribution in [0, 0.1) is 0 Å². The third kappa shape index (κ3) is 4.30. The van der Waals surface area contributed by atoms with Gasteiger partial charge in [-0.05, 0) is 53.0 Å². The molecule has 23 heavy (non-hydrogen) atoms. The number of carbonyl (C=O) groups excluding carboxylic acids is 1. The number of amides is 1. The van der Waals surface area contributed by atoms with Crippen LogP contribution in [0.25, 0.3) is 0 Å². The van der Waals surface area contributed by atoms with Gasteiger partial charge in [0.1, 0.15) is 5.82 Å². The lowest BCUT2D eigenvalue weighted by atomic mass is 10.2. The van der Waals surface area contributed by atoms with E-state index in [1.165, 1.54) is 0 Å². The zero-order valence-electron chi connectivity index (χ0n) is 12.6. The number of benzene rings is 1. The molecule has 120 valence electrons. The van der Waals surface area contributed by atoms with Crippen LogP contribution < -0.4 is 10.6 Å². The second-order valence-electron chi connectivity index (χ2n) is 5.38. The summed E-state index contributed by atoms with van der Waals surface area (Å²) in [5.41, 5.74) is 1.30. The minimum atomic E-state index is -0.167. The number of carbonyl (C=O) groups is 1. The highest BCUT2D eigenvalue weighted by atomic mass is 79.9. The molecule has 2 heterocycles. The molecule has 5 nitrogen and oxygen atoms in total. The van der Waals surface area contributed by atoms with E-state index >= 15 is 0 Å². The van der Waals surface area contributed by atoms with Crippen molar-refractivity contribution >= 4 is 33.3 Å². The van der Waals surface area contributed by atoms with Crippen molar-refractivity contribution in [3.05, 3.63) is 52.6 Å². The fraction of sp³-hybridized carbons (Fsp3) is 0.294. The van der Waals surface area contributed by atoms with Crippen LogP contribution in [0.2, 0.25) is 0 Å². The molecule has 2 aromatic rings. The lowest BCUT2D eigenvalue weighted by Gasteiger charge is -2.12. The number of hydrogen-bond donors (Lipinski definition) is 2. The summed E-state index contributed by atoms with van der Waals surface area (Å²) >= 11 is 3.42. The van der Waals surface area contributed by atoms with Crippen LogP contribution in [-0.2, 0) is 4.74 Å². The van der Waals surface area contributed by atoms with Crippen LogP contribution >= 0.6 is 15.9 Å². The highest BCUT2D eigenvalue weighted by molar-refractivity contribution is 9.10. The molecule has 0 spiro atoms. The average Bonchev–Trinajstić information content (AvgIpc) is 3.09. The molecule has 3 rings (SSSR count). The third-order valence-corrected chi connectivity index (χ3v) is 4.37. The molecule has 1 unspecified atom stereocenters. The van der Waals surface area contributed by atoms with Gasteiger partial charge < -0.3 is 15.4 Å². The number of halogens is 1. The molecule has 1 aromatic heterocycles. The Morgan fingerprint density at radius 3 is 3.00 bits per heavy atom. The predicted molar refractivity (Wildman–Crippen MR) is 93.8 cm³/mol. The van der Waals surface area contributed by atoms with Gasteiger partial charge in [-0.15, -0.1) is 0 Å². The average molecular weight is 376 g/mol. The summed E-state index contributed by atoms with van der Waals surface area (Å²) < 4.78 is 6.42. The maximum Gasteiger partial charge on any atom is 0.255 e. The molecule has 6 heteroatoms. The van der Waals surface area contributed by atoms with Gasteiger partial charge in [0, 0.05) is 29.4 Å². The zero-order chi connectivity index (χ0) is 16.1. The van der Waals surface area contributed by atoms with Gasteiger partial charge in [-0.25, -0.2) is 4.98 Å². The smallest absolute Gasteiger partial charge is 0.255 e. The van der Waals surface area contributed by atoms with E-state index in [1.807, 2.05) is 24.3 Å². The van der Waals surface area contributed by atoms with Crippen LogP contribution in [0.4, 0.5) is 11.5 Å². The lowest BCUT2D eigenvalue weighted by Crippen LogP contribution is -2.19. The van der Waals surface area contributed by atoms with Crippen molar-refractivity contribution in [2.24, 2.45) is 0 Å². The molecular formula is C17H18BrN3O2. The van der Waals surface area contributed by atoms with Crippen molar-refractivity contribution in [3.63, 3.8) is 0 Å². The van der Waals surface area contributed by atoms with E-state index in [4.69, 9.17) is 4.74 Å². The standard InChI is InChI=1S/C17H18BrN3O2/c18-14-5-1-2-6-15(14)21-17(22)12-7-8-19-16(10-12)20-11-13-4-3-9-23-13/h1-2,5-8,10,13H,3-4,9,11H2,(H,19,20)(H,21,22). The summed E-state index contributed by atoms with van der Waals surface area (Å²) in [7, 11) is 0. The molecule has 1 aliphatic heterocycles. The fourth-order valence-electron chi connectivity index (χ4n) is 2.45. The molecule has 1 aromatic carbocycles. The third-order valence-electron chi connectivity index (χ3n) is 3.68. The molecule has 0 saturated carbocycles. The van der Waals surface area contributed by atoms with E-state index in [0.717, 1.165) is 29.6 Å². The molecular weight excluding hydrogens is 358 g/mol. The van der Waals surface area contributed by atoms with E-state index < -0.39 is 0 Å². The van der Waals surface area contributed by atoms with E-state index in [1.54, 1.807) is 18.3 Å². The Bertz CT molecular complexity index is 687. The Morgan fingerprint density at radius 2 is 2.22 bits per heavy atom. The van der Waals surface area contributed by atoms with Crippen molar-refractivity contribution < 1.29 is 9.53 Å². The number of para-hydroxylation sites is 1. The van der Waals surface area contributed by atoms with Crippen molar-refractivity contribution in [1.29, 1.82) is 0 Å². The molecule has 2 N–H and O–H groups in total. The van der Waals surface area contributed by atoms with Crippen LogP contribution in [-0.4, -0.2) is 30.1 Å². The summed E-state index contributed by atoms with van der Waals surface area (Å²) in [6.07, 6.45) is 4.03. The van der Waals surface area contributed by atoms with Gasteiger partial charge in [-0.1, -0.05) is 12.1 Å². The Hall–Kier alpha value is -1.92. The molecule has 1 fully saturated rings. The summed E-state index contributed by atoms with van der Waals surface area (Å²) in [6.45, 7) is 1.54. The Morgan fingerprint density at radius 1 is 1.35 bits per heavy atom. The number of hydrogen-bond acceptors (Lipinski definition) is 4. The number of pyridine rings is 1. The maximum atomic E-state index is 12.4. The molecule has 0 bridgehead atoms. The van der Waals surface area contributed by atoms with Gasteiger partial charge in [0.2, 0.25) is 0 Å². The highest BCUT2D eigenvalue weighted by Gasteiger charge is 2.15. The summed E-state index contributed by atoms with van der Waals surface area (Å²) in [4.78, 5) is 16.6. The van der Waals surface area contributed by atoms with Gasteiger partial charge in [-0.3, -0.25) is 4.79 Å². The first-order chi connectivity index (χ1) is 11.2. The number of rotatable bonds is 5. The highest BCUT2D eigenvalue weighted by Crippen LogP contribution is 2.22. The van der Waals surface area contributed by atoms with Crippen LogP contribution in [0.1, 0.15) is 23.2 Å². The van der Waals surface area contributed by atoms with Crippen molar-refractivity contribution in [1.82, 2.24) is 4.98 Å². The van der Waals surface area contributed by atoms with E-state index in [0.29, 0.717) is 17.9 Å². The van der Waals surface area contributed by atoms with Crippen molar-refractivity contribution in [3.8, 4) is 0 Å². The van der Waals surface area contributed by atoms with Crippen molar-refractivity contribution in [2.45, 2.75) is 18.9 Å². The first kappa shape index (κ1) is 16.0. The van der Waals surface area contributed by atoms with Gasteiger partial charge in [0.05, 0.1) is 11.8 Å². The maximum absolute atomic E-state index is 12.4. The summed E-state index contributed by atoms with van der Waals surface area (Å²) in [5, 5.41) is 6.12. The SMILES string of the molecule is O=C(Nc1ccccc1Br)c1ccnc(NCC2CCCO2)c1. The molecule has 0 aliphatic carbocycles. The van der Waals surface area contributed by atoms with E-state index in [2.05, 4.69) is 31.5 Å². The van der Waals surface area contributed by atoms with Gasteiger partial charge in [0.15, 0.2) is 0 Å². The monoisotopic (exact) mass is 375 g/mol. The van der Waals surface area contributed by atoms with Crippen molar-refractivity contribution in [2.75, 3.05) is 23.8 Å². The minimum Gasteiger partial charge on any atom is -0.376 e. The van der Waals surface area contributed by atoms with Gasteiger partial charge >= 0.3 is 0 Å².